The third-order valence-corrected chi connectivity index (χ3v) is 8.23. The minimum Gasteiger partial charge on any atom is -0.493 e. The number of morpholine rings is 1. The second-order valence-corrected chi connectivity index (χ2v) is 11.4. The van der Waals surface area contributed by atoms with Crippen LogP contribution in [0.4, 0.5) is 26.3 Å². The van der Waals surface area contributed by atoms with Crippen LogP contribution in [0.25, 0.3) is 0 Å². The number of aliphatic carboxylic acids is 1. The Morgan fingerprint density at radius 1 is 1.07 bits per heavy atom. The van der Waals surface area contributed by atoms with Gasteiger partial charge >= 0.3 is 18.3 Å². The first-order valence-corrected chi connectivity index (χ1v) is 15.7. The second-order valence-electron chi connectivity index (χ2n) is 10.3. The van der Waals surface area contributed by atoms with E-state index in [4.69, 9.17) is 14.6 Å². The van der Waals surface area contributed by atoms with Gasteiger partial charge in [0.05, 0.1) is 36.9 Å². The van der Waals surface area contributed by atoms with E-state index in [9.17, 15) is 35.9 Å². The van der Waals surface area contributed by atoms with E-state index in [0.717, 1.165) is 25.2 Å². The standard InChI is InChI=1S/C25H22F6O3S.C6H11NO2.C2H6/c1-2-16-5-3-8-20(22(25(29,30)31)21(16)24(26,27)28)35-19-7-4-6-18(13-19)34-14-15-9-11-17(12-10-15)23(32)33;1-6(8)7-2-4-9-5-3-7;1-2/h2-4,6-8,13,15,17H,1,9-12,14H2,(H,32,33);2-5H2,1H3;1-2H3. The van der Waals surface area contributed by atoms with Crippen molar-refractivity contribution in [1.82, 2.24) is 4.90 Å². The number of alkyl halides is 6. The third-order valence-electron chi connectivity index (χ3n) is 7.18. The Morgan fingerprint density at radius 3 is 2.17 bits per heavy atom. The van der Waals surface area contributed by atoms with Crippen molar-refractivity contribution in [3.8, 4) is 5.75 Å². The number of carbonyl (C=O) groups excluding carboxylic acids is 1. The van der Waals surface area contributed by atoms with Crippen LogP contribution in [0.15, 0.2) is 81.3 Å². The maximum absolute atomic E-state index is 13.9. The maximum Gasteiger partial charge on any atom is 0.418 e. The van der Waals surface area contributed by atoms with Crippen LogP contribution in [0.3, 0.4) is 0 Å². The molecule has 3 aliphatic rings. The van der Waals surface area contributed by atoms with Gasteiger partial charge in [-0.1, -0.05) is 44.3 Å². The maximum atomic E-state index is 13.9. The fourth-order valence-electron chi connectivity index (χ4n) is 4.87. The monoisotopic (exact) mass is 675 g/mol. The summed E-state index contributed by atoms with van der Waals surface area (Å²) in [4.78, 5) is 23.2. The van der Waals surface area contributed by atoms with Gasteiger partial charge in [-0.3, -0.25) is 9.59 Å². The molecule has 0 spiro atoms. The number of benzene rings is 1. The largest absolute Gasteiger partial charge is 0.493 e. The van der Waals surface area contributed by atoms with Crippen LogP contribution in [-0.4, -0.2) is 67.1 Å². The molecule has 1 saturated carbocycles. The van der Waals surface area contributed by atoms with Gasteiger partial charge in [0.15, 0.2) is 0 Å². The summed E-state index contributed by atoms with van der Waals surface area (Å²) in [6.45, 7) is 12.0. The van der Waals surface area contributed by atoms with Gasteiger partial charge in [-0.15, -0.1) is 5.73 Å². The molecule has 6 nitrogen and oxygen atoms in total. The molecule has 1 heterocycles. The van der Waals surface area contributed by atoms with E-state index in [1.165, 1.54) is 12.1 Å². The summed E-state index contributed by atoms with van der Waals surface area (Å²) >= 11 is 0.543. The van der Waals surface area contributed by atoms with Crippen molar-refractivity contribution in [3.05, 3.63) is 76.4 Å². The molecule has 13 heteroatoms. The van der Waals surface area contributed by atoms with Crippen LogP contribution in [0.5, 0.6) is 5.75 Å². The van der Waals surface area contributed by atoms with Crippen LogP contribution in [0.1, 0.15) is 46.5 Å². The molecule has 1 aromatic rings. The SMILES string of the molecule is C=CC1=C=CC=C(Sc2cccc(OCC3CCC(C(=O)O)CC3)c2)C(C(F)(F)F)=C1C(F)(F)F.CC.CC(=O)N1CCOCC1. The van der Waals surface area contributed by atoms with Crippen LogP contribution >= 0.6 is 11.8 Å². The third kappa shape index (κ3) is 11.7. The molecule has 46 heavy (non-hydrogen) atoms. The average Bonchev–Trinajstić information content (AvgIpc) is 3.22. The molecule has 0 aromatic heterocycles. The summed E-state index contributed by atoms with van der Waals surface area (Å²) in [5.74, 6) is -0.513. The topological polar surface area (TPSA) is 76.1 Å². The Labute approximate surface area is 269 Å². The summed E-state index contributed by atoms with van der Waals surface area (Å²) in [5.41, 5.74) is -2.19. The van der Waals surface area contributed by atoms with E-state index in [1.807, 2.05) is 13.8 Å². The van der Waals surface area contributed by atoms with Gasteiger partial charge in [-0.05, 0) is 62.0 Å². The molecule has 2 fully saturated rings. The zero-order valence-electron chi connectivity index (χ0n) is 26.0. The van der Waals surface area contributed by atoms with Crippen molar-refractivity contribution in [1.29, 1.82) is 0 Å². The van der Waals surface area contributed by atoms with Gasteiger partial charge < -0.3 is 19.5 Å². The van der Waals surface area contributed by atoms with Gasteiger partial charge in [-0.2, -0.15) is 26.3 Å². The van der Waals surface area contributed by atoms with Crippen molar-refractivity contribution in [2.45, 2.75) is 63.7 Å². The number of nitrogens with zero attached hydrogens (tertiary/aromatic N) is 1. The Hall–Kier alpha value is -3.41. The lowest BCUT2D eigenvalue weighted by Crippen LogP contribution is -2.39. The van der Waals surface area contributed by atoms with Crippen LogP contribution in [0.2, 0.25) is 0 Å². The molecule has 1 aromatic carbocycles. The van der Waals surface area contributed by atoms with E-state index >= 15 is 0 Å². The number of rotatable bonds is 7. The molecule has 254 valence electrons. The quantitative estimate of drug-likeness (QED) is 0.231. The number of thioether (sulfide) groups is 1. The van der Waals surface area contributed by atoms with Crippen molar-refractivity contribution in [3.63, 3.8) is 0 Å². The Balaban J connectivity index is 0.000000569. The first kappa shape index (κ1) is 38.8. The van der Waals surface area contributed by atoms with Gasteiger partial charge in [0.25, 0.3) is 0 Å². The molecule has 2 aliphatic carbocycles. The number of amides is 1. The zero-order chi connectivity index (χ0) is 34.5. The van der Waals surface area contributed by atoms with Crippen LogP contribution < -0.4 is 4.74 Å². The molecular weight excluding hydrogens is 636 g/mol. The molecule has 1 amide bonds. The predicted octanol–water partition coefficient (Wildman–Crippen LogP) is 8.53. The normalized spacial score (nSPS) is 20.2. The second kappa shape index (κ2) is 18.1. The number of hydrogen-bond donors (Lipinski definition) is 1. The molecule has 1 saturated heterocycles. The first-order valence-electron chi connectivity index (χ1n) is 14.9. The number of carbonyl (C=O) groups is 2. The molecule has 0 radical (unpaired) electrons. The molecule has 0 bridgehead atoms. The minimum atomic E-state index is -5.28. The Kier molecular flexibility index (Phi) is 15.2. The van der Waals surface area contributed by atoms with Crippen molar-refractivity contribution in [2.24, 2.45) is 11.8 Å². The van der Waals surface area contributed by atoms with Crippen molar-refractivity contribution in [2.75, 3.05) is 32.9 Å². The minimum absolute atomic E-state index is 0.147. The van der Waals surface area contributed by atoms with Gasteiger partial charge in [-0.25, -0.2) is 0 Å². The Morgan fingerprint density at radius 2 is 1.67 bits per heavy atom. The lowest BCUT2D eigenvalue weighted by atomic mass is 9.82. The highest BCUT2D eigenvalue weighted by molar-refractivity contribution is 8.03. The lowest BCUT2D eigenvalue weighted by molar-refractivity contribution is -0.143. The van der Waals surface area contributed by atoms with E-state index in [-0.39, 0.29) is 22.6 Å². The van der Waals surface area contributed by atoms with E-state index in [2.05, 4.69) is 12.3 Å². The molecule has 1 N–H and O–H groups in total. The fraction of sp³-hybridized carbons (Fsp3) is 0.485. The number of ether oxygens (including phenoxy) is 2. The number of hydrogen-bond acceptors (Lipinski definition) is 5. The highest BCUT2D eigenvalue weighted by Crippen LogP contribution is 2.48. The number of carboxylic acid groups (broad SMARTS) is 1. The number of halogens is 6. The summed E-state index contributed by atoms with van der Waals surface area (Å²) in [6.07, 6.45) is -5.42. The molecule has 4 rings (SSSR count). The number of carboxylic acids is 1. The zero-order valence-corrected chi connectivity index (χ0v) is 26.8. The molecule has 1 aliphatic heterocycles. The van der Waals surface area contributed by atoms with Gasteiger partial charge in [0.2, 0.25) is 5.91 Å². The predicted molar refractivity (Wildman–Crippen MR) is 164 cm³/mol. The average molecular weight is 676 g/mol. The molecule has 0 atom stereocenters. The summed E-state index contributed by atoms with van der Waals surface area (Å²) in [5, 5.41) is 9.09. The van der Waals surface area contributed by atoms with Crippen molar-refractivity contribution >= 4 is 23.6 Å². The van der Waals surface area contributed by atoms with E-state index in [0.29, 0.717) is 69.1 Å². The molecular formula is C33H39F6NO5S. The summed E-state index contributed by atoms with van der Waals surface area (Å²) < 4.78 is 93.6. The highest BCUT2D eigenvalue weighted by Gasteiger charge is 2.48. The van der Waals surface area contributed by atoms with Crippen LogP contribution in [0, 0.1) is 11.8 Å². The van der Waals surface area contributed by atoms with Crippen LogP contribution in [-0.2, 0) is 14.3 Å². The first-order chi connectivity index (χ1) is 21.7. The highest BCUT2D eigenvalue weighted by atomic mass is 32.2. The summed E-state index contributed by atoms with van der Waals surface area (Å²) in [7, 11) is 0. The fourth-order valence-corrected chi connectivity index (χ4v) is 5.90. The number of allylic oxidation sites excluding steroid dienone is 5. The lowest BCUT2D eigenvalue weighted by Gasteiger charge is -2.26. The van der Waals surface area contributed by atoms with Gasteiger partial charge in [0.1, 0.15) is 5.75 Å². The smallest absolute Gasteiger partial charge is 0.418 e. The van der Waals surface area contributed by atoms with Crippen molar-refractivity contribution < 1.29 is 50.5 Å². The van der Waals surface area contributed by atoms with E-state index < -0.39 is 39.9 Å². The summed E-state index contributed by atoms with van der Waals surface area (Å²) in [6, 6.07) is 6.09. The Bertz CT molecular complexity index is 1330. The van der Waals surface area contributed by atoms with Gasteiger partial charge in [0, 0.05) is 35.4 Å². The molecule has 0 unspecified atom stereocenters. The van der Waals surface area contributed by atoms with E-state index in [1.54, 1.807) is 24.0 Å².